The minimum atomic E-state index is -2.04. The van der Waals surface area contributed by atoms with Crippen LogP contribution in [0.1, 0.15) is 62.3 Å². The molecule has 0 spiro atoms. The second kappa shape index (κ2) is 6.54. The fourth-order valence-electron chi connectivity index (χ4n) is 4.78. The summed E-state index contributed by atoms with van der Waals surface area (Å²) in [5.74, 6) is 0.226. The molecule has 1 atom stereocenters. The van der Waals surface area contributed by atoms with Crippen molar-refractivity contribution in [2.75, 3.05) is 0 Å². The van der Waals surface area contributed by atoms with E-state index in [-0.39, 0.29) is 11.7 Å². The van der Waals surface area contributed by atoms with E-state index in [4.69, 9.17) is 0 Å². The lowest BCUT2D eigenvalue weighted by Crippen LogP contribution is -2.51. The fraction of sp³-hybridized carbons (Fsp3) is 0.684. The predicted octanol–water partition coefficient (Wildman–Crippen LogP) is 5.58. The molecular formula is C19H31NOSi. The molecule has 0 aromatic carbocycles. The fourth-order valence-corrected chi connectivity index (χ4v) is 11.9. The number of nitriles is 1. The molecule has 2 nitrogen and oxygen atoms in total. The summed E-state index contributed by atoms with van der Waals surface area (Å²) in [6.45, 7) is 19.8. The largest absolute Gasteiger partial charge is 0.289 e. The van der Waals surface area contributed by atoms with Gasteiger partial charge in [-0.2, -0.15) is 5.26 Å². The van der Waals surface area contributed by atoms with Crippen LogP contribution in [0.4, 0.5) is 0 Å². The van der Waals surface area contributed by atoms with Crippen LogP contribution in [0, 0.1) is 17.2 Å². The van der Waals surface area contributed by atoms with Crippen LogP contribution in [-0.4, -0.2) is 13.9 Å². The summed E-state index contributed by atoms with van der Waals surface area (Å²) in [5.41, 5.74) is 3.98. The highest BCUT2D eigenvalue weighted by atomic mass is 28.3. The van der Waals surface area contributed by atoms with Gasteiger partial charge < -0.3 is 0 Å². The first-order valence-corrected chi connectivity index (χ1v) is 10.6. The molecule has 1 unspecified atom stereocenters. The molecule has 1 rings (SSSR count). The molecule has 1 aliphatic carbocycles. The van der Waals surface area contributed by atoms with Crippen molar-refractivity contribution in [2.45, 2.75) is 78.9 Å². The van der Waals surface area contributed by atoms with Gasteiger partial charge in [0.1, 0.15) is 6.07 Å². The number of nitrogens with zero attached hydrogens (tertiary/aromatic N) is 1. The lowest BCUT2D eigenvalue weighted by atomic mass is 9.84. The normalized spacial score (nSPS) is 20.5. The van der Waals surface area contributed by atoms with Gasteiger partial charge >= 0.3 is 0 Å². The van der Waals surface area contributed by atoms with Gasteiger partial charge in [-0.05, 0) is 47.2 Å². The van der Waals surface area contributed by atoms with Gasteiger partial charge in [-0.15, -0.1) is 0 Å². The van der Waals surface area contributed by atoms with Crippen molar-refractivity contribution in [3.8, 4) is 6.07 Å². The molecule has 0 saturated carbocycles. The van der Waals surface area contributed by atoms with Gasteiger partial charge in [0.2, 0.25) is 0 Å². The second-order valence-corrected chi connectivity index (χ2v) is 13.5. The third-order valence-electron chi connectivity index (χ3n) is 5.95. The number of carbonyl (C=O) groups is 1. The van der Waals surface area contributed by atoms with Crippen LogP contribution in [0.2, 0.25) is 16.6 Å². The van der Waals surface area contributed by atoms with Gasteiger partial charge in [0, 0.05) is 0 Å². The molecule has 1 aliphatic rings. The zero-order valence-electron chi connectivity index (χ0n) is 15.7. The molecule has 0 aliphatic heterocycles. The Morgan fingerprint density at radius 2 is 1.36 bits per heavy atom. The first kappa shape index (κ1) is 18.9. The summed E-state index contributed by atoms with van der Waals surface area (Å²) >= 11 is 0. The highest BCUT2D eigenvalue weighted by Crippen LogP contribution is 2.50. The standard InChI is InChI=1S/C19H31NOSi/c1-11(2)22(12(3)4,13(5)6)19-16(9)14(7)15(8)17(10-20)18(19)21/h11-14H,1-9H3. The molecule has 0 fully saturated rings. The topological polar surface area (TPSA) is 40.9 Å². The molecule has 3 heteroatoms. The van der Waals surface area contributed by atoms with Gasteiger partial charge in [-0.1, -0.05) is 54.0 Å². The van der Waals surface area contributed by atoms with Crippen LogP contribution in [0.5, 0.6) is 0 Å². The average Bonchev–Trinajstić information content (AvgIpc) is 2.40. The Morgan fingerprint density at radius 1 is 0.955 bits per heavy atom. The zero-order chi connectivity index (χ0) is 17.4. The number of hydrogen-bond donors (Lipinski definition) is 0. The van der Waals surface area contributed by atoms with Crippen LogP contribution in [-0.2, 0) is 4.79 Å². The smallest absolute Gasteiger partial charge is 0.195 e. The molecule has 22 heavy (non-hydrogen) atoms. The lowest BCUT2D eigenvalue weighted by Gasteiger charge is -2.47. The van der Waals surface area contributed by atoms with Crippen molar-refractivity contribution >= 4 is 13.9 Å². The third-order valence-corrected chi connectivity index (χ3v) is 13.2. The van der Waals surface area contributed by atoms with Gasteiger partial charge in [-0.3, -0.25) is 4.79 Å². The summed E-state index contributed by atoms with van der Waals surface area (Å²) in [6.07, 6.45) is 0. The molecular weight excluding hydrogens is 286 g/mol. The van der Waals surface area contributed by atoms with Crippen molar-refractivity contribution in [3.05, 3.63) is 21.9 Å². The second-order valence-electron chi connectivity index (χ2n) is 7.68. The minimum Gasteiger partial charge on any atom is -0.289 e. The van der Waals surface area contributed by atoms with Crippen LogP contribution in [0.15, 0.2) is 21.9 Å². The molecule has 0 aromatic rings. The Kier molecular flexibility index (Phi) is 5.62. The molecule has 0 heterocycles. The van der Waals surface area contributed by atoms with E-state index in [1.165, 1.54) is 5.57 Å². The number of rotatable bonds is 4. The Bertz CT molecular complexity index is 551. The average molecular weight is 318 g/mol. The minimum absolute atomic E-state index is 0.0263. The van der Waals surface area contributed by atoms with Crippen LogP contribution in [0.3, 0.4) is 0 Å². The summed E-state index contributed by atoms with van der Waals surface area (Å²) in [5, 5.41) is 10.5. The van der Waals surface area contributed by atoms with Crippen LogP contribution >= 0.6 is 0 Å². The Hall–Kier alpha value is -1.14. The lowest BCUT2D eigenvalue weighted by molar-refractivity contribution is -0.111. The quantitative estimate of drug-likeness (QED) is 0.635. The molecule has 0 aromatic heterocycles. The highest BCUT2D eigenvalue weighted by molar-refractivity contribution is 6.94. The van der Waals surface area contributed by atoms with E-state index in [1.807, 2.05) is 6.92 Å². The number of carbonyl (C=O) groups excluding carboxylic acids is 1. The highest BCUT2D eigenvalue weighted by Gasteiger charge is 2.51. The first-order valence-electron chi connectivity index (χ1n) is 8.41. The van der Waals surface area contributed by atoms with Crippen LogP contribution < -0.4 is 0 Å². The van der Waals surface area contributed by atoms with E-state index in [2.05, 4.69) is 61.5 Å². The number of Topliss-reactive ketones (excluding diaryl/α,β-unsaturated/α-hetero) is 1. The van der Waals surface area contributed by atoms with Crippen LogP contribution in [0.25, 0.3) is 0 Å². The first-order chi connectivity index (χ1) is 10.0. The van der Waals surface area contributed by atoms with Gasteiger partial charge in [0.25, 0.3) is 0 Å². The molecule has 0 saturated heterocycles. The number of allylic oxidation sites excluding steroid dienone is 4. The predicted molar refractivity (Wildman–Crippen MR) is 96.2 cm³/mol. The van der Waals surface area contributed by atoms with E-state index in [0.29, 0.717) is 22.2 Å². The van der Waals surface area contributed by atoms with Gasteiger partial charge in [0.15, 0.2) is 5.78 Å². The maximum atomic E-state index is 13.2. The summed E-state index contributed by atoms with van der Waals surface area (Å²) in [6, 6.07) is 2.19. The maximum absolute atomic E-state index is 13.2. The Morgan fingerprint density at radius 3 is 1.68 bits per heavy atom. The summed E-state index contributed by atoms with van der Waals surface area (Å²) in [7, 11) is -2.04. The Balaban J connectivity index is 3.76. The van der Waals surface area contributed by atoms with Crippen molar-refractivity contribution in [3.63, 3.8) is 0 Å². The molecule has 122 valence electrons. The number of hydrogen-bond acceptors (Lipinski definition) is 2. The van der Waals surface area contributed by atoms with Crippen molar-refractivity contribution < 1.29 is 4.79 Å². The summed E-state index contributed by atoms with van der Waals surface area (Å²) < 4.78 is 0. The van der Waals surface area contributed by atoms with E-state index in [9.17, 15) is 10.1 Å². The van der Waals surface area contributed by atoms with Gasteiger partial charge in [-0.25, -0.2) is 0 Å². The maximum Gasteiger partial charge on any atom is 0.195 e. The van der Waals surface area contributed by atoms with Gasteiger partial charge in [0.05, 0.1) is 13.6 Å². The van der Waals surface area contributed by atoms with E-state index < -0.39 is 8.07 Å². The number of ketones is 1. The molecule has 0 bridgehead atoms. The molecule has 0 N–H and O–H groups in total. The van der Waals surface area contributed by atoms with Crippen molar-refractivity contribution in [1.82, 2.24) is 0 Å². The Labute approximate surface area is 137 Å². The third kappa shape index (κ3) is 2.52. The van der Waals surface area contributed by atoms with E-state index in [1.54, 1.807) is 0 Å². The van der Waals surface area contributed by atoms with Crippen molar-refractivity contribution in [1.29, 1.82) is 5.26 Å². The zero-order valence-corrected chi connectivity index (χ0v) is 16.7. The monoisotopic (exact) mass is 317 g/mol. The van der Waals surface area contributed by atoms with Crippen molar-refractivity contribution in [2.24, 2.45) is 5.92 Å². The molecule has 0 amide bonds. The van der Waals surface area contributed by atoms with E-state index in [0.717, 1.165) is 10.8 Å². The SMILES string of the molecule is CC1=C(C#N)C(=O)C([Si](C(C)C)(C(C)C)C(C)C)=C(C)C1C. The van der Waals surface area contributed by atoms with E-state index >= 15 is 0 Å². The molecule has 0 radical (unpaired) electrons. The summed E-state index contributed by atoms with van der Waals surface area (Å²) in [4.78, 5) is 13.2.